The highest BCUT2D eigenvalue weighted by Crippen LogP contribution is 2.29. The first-order chi connectivity index (χ1) is 5.48. The van der Waals surface area contributed by atoms with Crippen molar-refractivity contribution in [3.63, 3.8) is 0 Å². The SMILES string of the molecule is NC1(C(=O)O)CCCC1[N+](=O)[O-]. The van der Waals surface area contributed by atoms with Crippen LogP contribution in [0, 0.1) is 10.1 Å². The van der Waals surface area contributed by atoms with Crippen molar-refractivity contribution in [1.82, 2.24) is 0 Å². The van der Waals surface area contributed by atoms with Crippen LogP contribution in [0.5, 0.6) is 0 Å². The van der Waals surface area contributed by atoms with E-state index in [0.717, 1.165) is 0 Å². The molecule has 12 heavy (non-hydrogen) atoms. The number of carbonyl (C=O) groups is 1. The van der Waals surface area contributed by atoms with E-state index in [9.17, 15) is 14.9 Å². The van der Waals surface area contributed by atoms with Gasteiger partial charge in [0.15, 0.2) is 5.54 Å². The van der Waals surface area contributed by atoms with Crippen LogP contribution in [0.4, 0.5) is 0 Å². The lowest BCUT2D eigenvalue weighted by molar-refractivity contribution is -0.527. The van der Waals surface area contributed by atoms with Gasteiger partial charge in [-0.05, 0) is 12.8 Å². The van der Waals surface area contributed by atoms with Crippen LogP contribution in [0.1, 0.15) is 19.3 Å². The van der Waals surface area contributed by atoms with Crippen LogP contribution in [0.3, 0.4) is 0 Å². The lowest BCUT2D eigenvalue weighted by atomic mass is 9.95. The Balaban J connectivity index is 2.89. The molecule has 68 valence electrons. The first kappa shape index (κ1) is 8.92. The molecule has 6 heteroatoms. The van der Waals surface area contributed by atoms with Crippen LogP contribution >= 0.6 is 0 Å². The molecule has 2 unspecified atom stereocenters. The van der Waals surface area contributed by atoms with Gasteiger partial charge in [0, 0.05) is 11.3 Å². The maximum Gasteiger partial charge on any atom is 0.330 e. The first-order valence-electron chi connectivity index (χ1n) is 3.64. The maximum atomic E-state index is 10.6. The minimum absolute atomic E-state index is 0.188. The highest BCUT2D eigenvalue weighted by molar-refractivity contribution is 5.79. The maximum absolute atomic E-state index is 10.6. The smallest absolute Gasteiger partial charge is 0.330 e. The minimum atomic E-state index is -1.65. The van der Waals surface area contributed by atoms with Gasteiger partial charge in [0.25, 0.3) is 0 Å². The van der Waals surface area contributed by atoms with Gasteiger partial charge in [-0.15, -0.1) is 0 Å². The van der Waals surface area contributed by atoms with Gasteiger partial charge in [0.1, 0.15) is 0 Å². The summed E-state index contributed by atoms with van der Waals surface area (Å²) in [4.78, 5) is 20.4. The zero-order valence-corrected chi connectivity index (χ0v) is 6.40. The molecule has 0 aromatic rings. The fourth-order valence-corrected chi connectivity index (χ4v) is 1.56. The molecule has 0 aromatic carbocycles. The Kier molecular flexibility index (Phi) is 2.01. The third kappa shape index (κ3) is 1.14. The lowest BCUT2D eigenvalue weighted by Crippen LogP contribution is -2.56. The van der Waals surface area contributed by atoms with E-state index in [0.29, 0.717) is 6.42 Å². The van der Waals surface area contributed by atoms with Gasteiger partial charge < -0.3 is 10.8 Å². The largest absolute Gasteiger partial charge is 0.480 e. The van der Waals surface area contributed by atoms with Crippen molar-refractivity contribution in [2.45, 2.75) is 30.8 Å². The Morgan fingerprint density at radius 3 is 2.67 bits per heavy atom. The summed E-state index contributed by atoms with van der Waals surface area (Å²) in [5, 5.41) is 19.0. The molecular formula is C6H10N2O4. The van der Waals surface area contributed by atoms with Crippen LogP contribution in [0.2, 0.25) is 0 Å². The van der Waals surface area contributed by atoms with Crippen LogP contribution in [-0.2, 0) is 4.79 Å². The number of hydrogen-bond donors (Lipinski definition) is 2. The fraction of sp³-hybridized carbons (Fsp3) is 0.833. The molecule has 6 nitrogen and oxygen atoms in total. The summed E-state index contributed by atoms with van der Waals surface area (Å²) in [6.45, 7) is 0. The van der Waals surface area contributed by atoms with Gasteiger partial charge >= 0.3 is 5.97 Å². The molecule has 0 aromatic heterocycles. The molecule has 0 spiro atoms. The second-order valence-corrected chi connectivity index (χ2v) is 3.04. The van der Waals surface area contributed by atoms with Crippen molar-refractivity contribution in [2.24, 2.45) is 5.73 Å². The van der Waals surface area contributed by atoms with Gasteiger partial charge in [0.05, 0.1) is 0 Å². The van der Waals surface area contributed by atoms with Gasteiger partial charge in [-0.3, -0.25) is 10.1 Å². The summed E-state index contributed by atoms with van der Waals surface area (Å²) >= 11 is 0. The fourth-order valence-electron chi connectivity index (χ4n) is 1.56. The zero-order chi connectivity index (χ0) is 9.35. The molecular weight excluding hydrogens is 164 g/mol. The summed E-state index contributed by atoms with van der Waals surface area (Å²) in [6.07, 6.45) is 0.957. The molecule has 1 fully saturated rings. The molecule has 0 aliphatic heterocycles. The van der Waals surface area contributed by atoms with Crippen molar-refractivity contribution in [2.75, 3.05) is 0 Å². The van der Waals surface area contributed by atoms with E-state index in [-0.39, 0.29) is 12.8 Å². The summed E-state index contributed by atoms with van der Waals surface area (Å²) < 4.78 is 0. The topological polar surface area (TPSA) is 106 Å². The number of nitrogens with two attached hydrogens (primary N) is 1. The third-order valence-electron chi connectivity index (χ3n) is 2.32. The van der Waals surface area contributed by atoms with E-state index in [4.69, 9.17) is 10.8 Å². The van der Waals surface area contributed by atoms with E-state index in [2.05, 4.69) is 0 Å². The number of hydrogen-bond acceptors (Lipinski definition) is 4. The first-order valence-corrected chi connectivity index (χ1v) is 3.64. The number of aliphatic carboxylic acids is 1. The number of rotatable bonds is 2. The van der Waals surface area contributed by atoms with Crippen LogP contribution < -0.4 is 5.73 Å². The Labute approximate surface area is 68.5 Å². The minimum Gasteiger partial charge on any atom is -0.480 e. The van der Waals surface area contributed by atoms with Crippen molar-refractivity contribution in [1.29, 1.82) is 0 Å². The molecule has 2 atom stereocenters. The van der Waals surface area contributed by atoms with E-state index in [1.54, 1.807) is 0 Å². The quantitative estimate of drug-likeness (QED) is 0.437. The number of nitro groups is 1. The monoisotopic (exact) mass is 174 g/mol. The van der Waals surface area contributed by atoms with E-state index < -0.39 is 22.5 Å². The van der Waals surface area contributed by atoms with Crippen molar-refractivity contribution in [3.8, 4) is 0 Å². The average molecular weight is 174 g/mol. The molecule has 0 heterocycles. The second kappa shape index (κ2) is 2.71. The standard InChI is InChI=1S/C6H10N2O4/c7-6(5(9)10)3-1-2-4(6)8(11)12/h4H,1-3,7H2,(H,9,10). The zero-order valence-electron chi connectivity index (χ0n) is 6.40. The van der Waals surface area contributed by atoms with Crippen molar-refractivity contribution in [3.05, 3.63) is 10.1 Å². The van der Waals surface area contributed by atoms with Gasteiger partial charge in [-0.2, -0.15) is 0 Å². The number of nitrogens with zero attached hydrogens (tertiary/aromatic N) is 1. The highest BCUT2D eigenvalue weighted by Gasteiger charge is 2.53. The molecule has 0 amide bonds. The van der Waals surface area contributed by atoms with E-state index >= 15 is 0 Å². The predicted octanol–water partition coefficient (Wildman–Crippen LogP) is -0.402. The molecule has 3 N–H and O–H groups in total. The third-order valence-corrected chi connectivity index (χ3v) is 2.32. The average Bonchev–Trinajstić information content (AvgIpc) is 2.32. The molecule has 1 aliphatic carbocycles. The highest BCUT2D eigenvalue weighted by atomic mass is 16.6. The Bertz CT molecular complexity index is 230. The van der Waals surface area contributed by atoms with Crippen molar-refractivity contribution < 1.29 is 14.8 Å². The van der Waals surface area contributed by atoms with Gasteiger partial charge in [-0.25, -0.2) is 4.79 Å². The molecule has 0 radical (unpaired) electrons. The summed E-state index contributed by atoms with van der Waals surface area (Å²) in [5.41, 5.74) is 3.76. The van der Waals surface area contributed by atoms with E-state index in [1.807, 2.05) is 0 Å². The lowest BCUT2D eigenvalue weighted by Gasteiger charge is -2.19. The van der Waals surface area contributed by atoms with Crippen LogP contribution in [-0.4, -0.2) is 27.6 Å². The summed E-state index contributed by atoms with van der Waals surface area (Å²) in [6, 6.07) is -1.13. The van der Waals surface area contributed by atoms with Crippen molar-refractivity contribution >= 4 is 5.97 Å². The molecule has 0 bridgehead atoms. The molecule has 0 saturated heterocycles. The molecule has 1 aliphatic rings. The van der Waals surface area contributed by atoms with Crippen LogP contribution in [0.15, 0.2) is 0 Å². The Hall–Kier alpha value is -1.17. The predicted molar refractivity (Wildman–Crippen MR) is 39.2 cm³/mol. The summed E-state index contributed by atoms with van der Waals surface area (Å²) in [5.74, 6) is -1.28. The second-order valence-electron chi connectivity index (χ2n) is 3.04. The normalized spacial score (nSPS) is 34.9. The Morgan fingerprint density at radius 2 is 2.33 bits per heavy atom. The number of carboxylic acid groups (broad SMARTS) is 1. The van der Waals surface area contributed by atoms with Gasteiger partial charge in [0.2, 0.25) is 6.04 Å². The van der Waals surface area contributed by atoms with Gasteiger partial charge in [-0.1, -0.05) is 0 Å². The molecule has 1 saturated carbocycles. The van der Waals surface area contributed by atoms with E-state index in [1.165, 1.54) is 0 Å². The Morgan fingerprint density at radius 1 is 1.75 bits per heavy atom. The summed E-state index contributed by atoms with van der Waals surface area (Å²) in [7, 11) is 0. The van der Waals surface area contributed by atoms with Crippen LogP contribution in [0.25, 0.3) is 0 Å². The number of carboxylic acids is 1. The molecule has 1 rings (SSSR count).